The van der Waals surface area contributed by atoms with Gasteiger partial charge in [0.2, 0.25) is 35.4 Å². The molecule has 0 radical (unpaired) electrons. The Hall–Kier alpha value is -3.18. The van der Waals surface area contributed by atoms with Crippen molar-refractivity contribution in [3.8, 4) is 0 Å². The maximum Gasteiger partial charge on any atom is 0.243 e. The van der Waals surface area contributed by atoms with Crippen molar-refractivity contribution in [2.24, 2.45) is 17.8 Å². The summed E-state index contributed by atoms with van der Waals surface area (Å²) in [4.78, 5) is 78.3. The number of hydrogen-bond donors (Lipinski definition) is 6. The van der Waals surface area contributed by atoms with E-state index in [1.54, 1.807) is 13.8 Å². The molecular formula is C27H48N6O6. The Bertz CT molecular complexity index is 901. The van der Waals surface area contributed by atoms with E-state index >= 15 is 0 Å². The summed E-state index contributed by atoms with van der Waals surface area (Å²) >= 11 is 0. The van der Waals surface area contributed by atoms with Crippen molar-refractivity contribution in [1.82, 2.24) is 31.9 Å². The number of rotatable bonds is 6. The molecule has 8 atom stereocenters. The molecule has 1 fully saturated rings. The first-order valence-electron chi connectivity index (χ1n) is 13.9. The second kappa shape index (κ2) is 15.4. The van der Waals surface area contributed by atoms with E-state index in [4.69, 9.17) is 0 Å². The van der Waals surface area contributed by atoms with Crippen molar-refractivity contribution in [1.29, 1.82) is 0 Å². The minimum Gasteiger partial charge on any atom is -0.343 e. The molecule has 222 valence electrons. The molecule has 1 aliphatic rings. The standard InChI is InChI=1S/C27H48N6O6/c1-10-14(5)20-26(38)29-16(7)22(34)31-19(12-13(3)4)25(37)28-17(8)23(35)32-21(15(6)11-2)27(39)30-18(9)24(36)33-20/h13-21H,10-12H2,1-9H3,(H,28,37)(H,29,38)(H,30,39)(H,31,34)(H,32,35)(H,33,36)/t14?,15?,16-,17-,18-,19-,20-,21-/m0/s1. The Morgan fingerprint density at radius 1 is 0.513 bits per heavy atom. The van der Waals surface area contributed by atoms with Crippen LogP contribution in [0.5, 0.6) is 0 Å². The van der Waals surface area contributed by atoms with E-state index in [-0.39, 0.29) is 17.8 Å². The molecule has 12 nitrogen and oxygen atoms in total. The van der Waals surface area contributed by atoms with E-state index in [0.717, 1.165) is 0 Å². The quantitative estimate of drug-likeness (QED) is 0.273. The Labute approximate surface area is 231 Å². The summed E-state index contributed by atoms with van der Waals surface area (Å²) in [6.45, 7) is 15.6. The Balaban J connectivity index is 3.43. The van der Waals surface area contributed by atoms with Crippen LogP contribution >= 0.6 is 0 Å². The highest BCUT2D eigenvalue weighted by atomic mass is 16.2. The molecule has 1 heterocycles. The third kappa shape index (κ3) is 10.1. The van der Waals surface area contributed by atoms with E-state index in [2.05, 4.69) is 31.9 Å². The number of carbonyl (C=O) groups is 6. The van der Waals surface area contributed by atoms with Gasteiger partial charge in [0.1, 0.15) is 36.3 Å². The van der Waals surface area contributed by atoms with Crippen molar-refractivity contribution in [3.63, 3.8) is 0 Å². The van der Waals surface area contributed by atoms with Crippen molar-refractivity contribution in [2.75, 3.05) is 0 Å². The summed E-state index contributed by atoms with van der Waals surface area (Å²) in [5.41, 5.74) is 0. The van der Waals surface area contributed by atoms with Gasteiger partial charge in [-0.25, -0.2) is 0 Å². The van der Waals surface area contributed by atoms with E-state index in [1.165, 1.54) is 20.8 Å². The molecule has 39 heavy (non-hydrogen) atoms. The highest BCUT2D eigenvalue weighted by Gasteiger charge is 2.34. The molecule has 0 saturated carbocycles. The zero-order valence-corrected chi connectivity index (χ0v) is 24.8. The summed E-state index contributed by atoms with van der Waals surface area (Å²) in [6, 6.07) is -5.89. The van der Waals surface area contributed by atoms with E-state index in [0.29, 0.717) is 19.3 Å². The third-order valence-corrected chi connectivity index (χ3v) is 7.18. The maximum absolute atomic E-state index is 13.1. The molecular weight excluding hydrogens is 504 g/mol. The molecule has 0 aliphatic carbocycles. The topological polar surface area (TPSA) is 175 Å². The molecule has 1 saturated heterocycles. The van der Waals surface area contributed by atoms with Gasteiger partial charge in [-0.2, -0.15) is 0 Å². The molecule has 1 aliphatic heterocycles. The minimum atomic E-state index is -1.01. The summed E-state index contributed by atoms with van der Waals surface area (Å²) in [5, 5.41) is 15.9. The van der Waals surface area contributed by atoms with Gasteiger partial charge >= 0.3 is 0 Å². The van der Waals surface area contributed by atoms with Crippen molar-refractivity contribution in [2.45, 2.75) is 118 Å². The Kier molecular flexibility index (Phi) is 13.4. The van der Waals surface area contributed by atoms with Gasteiger partial charge in [-0.05, 0) is 44.9 Å². The minimum absolute atomic E-state index is 0.0402. The fourth-order valence-electron chi connectivity index (χ4n) is 4.08. The fourth-order valence-corrected chi connectivity index (χ4v) is 4.08. The summed E-state index contributed by atoms with van der Waals surface area (Å²) in [7, 11) is 0. The van der Waals surface area contributed by atoms with Crippen molar-refractivity contribution < 1.29 is 28.8 Å². The lowest BCUT2D eigenvalue weighted by atomic mass is 9.96. The Morgan fingerprint density at radius 3 is 1.18 bits per heavy atom. The van der Waals surface area contributed by atoms with Crippen LogP contribution in [0, 0.1) is 17.8 Å². The molecule has 0 spiro atoms. The van der Waals surface area contributed by atoms with Crippen molar-refractivity contribution >= 4 is 35.4 Å². The summed E-state index contributed by atoms with van der Waals surface area (Å²) < 4.78 is 0. The van der Waals surface area contributed by atoms with Gasteiger partial charge in [0.25, 0.3) is 0 Å². The number of hydrogen-bond acceptors (Lipinski definition) is 6. The molecule has 6 N–H and O–H groups in total. The van der Waals surface area contributed by atoms with Crippen LogP contribution in [0.1, 0.15) is 81.6 Å². The molecule has 12 heteroatoms. The highest BCUT2D eigenvalue weighted by molar-refractivity contribution is 5.98. The molecule has 2 unspecified atom stereocenters. The molecule has 6 amide bonds. The van der Waals surface area contributed by atoms with Gasteiger partial charge in [-0.1, -0.05) is 54.4 Å². The lowest BCUT2D eigenvalue weighted by Crippen LogP contribution is -2.62. The predicted octanol–water partition coefficient (Wildman–Crippen LogP) is 0.107. The lowest BCUT2D eigenvalue weighted by molar-refractivity contribution is -0.137. The van der Waals surface area contributed by atoms with Crippen LogP contribution in [0.4, 0.5) is 0 Å². The van der Waals surface area contributed by atoms with E-state index < -0.39 is 71.7 Å². The number of carbonyl (C=O) groups excluding carboxylic acids is 6. The van der Waals surface area contributed by atoms with Gasteiger partial charge in [-0.15, -0.1) is 0 Å². The first-order valence-corrected chi connectivity index (χ1v) is 13.9. The molecule has 0 aromatic carbocycles. The first kappa shape index (κ1) is 33.8. The van der Waals surface area contributed by atoms with E-state index in [1.807, 2.05) is 27.7 Å². The first-order chi connectivity index (χ1) is 18.1. The SMILES string of the molecule is CCC(C)[C@@H]1NC(=O)[C@H](C)NC(=O)[C@H](C(C)CC)NC(=O)[C@H](C)NC(=O)[C@H](CC(C)C)NC(=O)[C@H](C)NC1=O. The van der Waals surface area contributed by atoms with Crippen LogP contribution in [-0.2, 0) is 28.8 Å². The van der Waals surface area contributed by atoms with Crippen LogP contribution in [0.15, 0.2) is 0 Å². The lowest BCUT2D eigenvalue weighted by Gasteiger charge is -2.30. The maximum atomic E-state index is 13.1. The smallest absolute Gasteiger partial charge is 0.243 e. The fraction of sp³-hybridized carbons (Fsp3) is 0.778. The molecule has 0 aromatic heterocycles. The summed E-state index contributed by atoms with van der Waals surface area (Å²) in [6.07, 6.45) is 1.43. The van der Waals surface area contributed by atoms with Gasteiger partial charge in [0.05, 0.1) is 0 Å². The normalized spacial score (nSPS) is 30.0. The molecule has 1 rings (SSSR count). The zero-order valence-electron chi connectivity index (χ0n) is 24.8. The zero-order chi connectivity index (χ0) is 30.0. The van der Waals surface area contributed by atoms with E-state index in [9.17, 15) is 28.8 Å². The average molecular weight is 553 g/mol. The second-order valence-electron chi connectivity index (χ2n) is 11.1. The van der Waals surface area contributed by atoms with Crippen molar-refractivity contribution in [3.05, 3.63) is 0 Å². The van der Waals surface area contributed by atoms with Crippen LogP contribution in [-0.4, -0.2) is 71.7 Å². The van der Waals surface area contributed by atoms with Gasteiger partial charge < -0.3 is 31.9 Å². The van der Waals surface area contributed by atoms with Gasteiger partial charge in [-0.3, -0.25) is 28.8 Å². The summed E-state index contributed by atoms with van der Waals surface area (Å²) in [5.74, 6) is -3.89. The number of nitrogens with one attached hydrogen (secondary N) is 6. The largest absolute Gasteiger partial charge is 0.343 e. The number of amides is 6. The molecule has 0 bridgehead atoms. The molecule has 0 aromatic rings. The van der Waals surface area contributed by atoms with Crippen LogP contribution in [0.2, 0.25) is 0 Å². The average Bonchev–Trinajstić information content (AvgIpc) is 2.87. The second-order valence-corrected chi connectivity index (χ2v) is 11.1. The predicted molar refractivity (Wildman–Crippen MR) is 147 cm³/mol. The third-order valence-electron chi connectivity index (χ3n) is 7.18. The van der Waals surface area contributed by atoms with Crippen LogP contribution < -0.4 is 31.9 Å². The van der Waals surface area contributed by atoms with Crippen LogP contribution in [0.25, 0.3) is 0 Å². The van der Waals surface area contributed by atoms with Gasteiger partial charge in [0.15, 0.2) is 0 Å². The van der Waals surface area contributed by atoms with Crippen LogP contribution in [0.3, 0.4) is 0 Å². The van der Waals surface area contributed by atoms with Gasteiger partial charge in [0, 0.05) is 0 Å². The monoisotopic (exact) mass is 552 g/mol. The Morgan fingerprint density at radius 2 is 0.846 bits per heavy atom. The highest BCUT2D eigenvalue weighted by Crippen LogP contribution is 2.12.